The van der Waals surface area contributed by atoms with Crippen LogP contribution in [0.4, 0.5) is 0 Å². The minimum atomic E-state index is -4.95. The van der Waals surface area contributed by atoms with E-state index in [2.05, 4.69) is 34.6 Å². The third kappa shape index (κ3) is 61.3. The summed E-state index contributed by atoms with van der Waals surface area (Å²) in [6.45, 7) is 7.15. The minimum Gasteiger partial charge on any atom is -0.462 e. The summed E-state index contributed by atoms with van der Waals surface area (Å²) in [7, 11) is -9.89. The van der Waals surface area contributed by atoms with E-state index in [1.807, 2.05) is 0 Å². The SMILES string of the molecule is CCCCCCCCCCCCCCCCCCCCC(=O)O[C@H](COC(=O)CCCCCCCCCCCCC)COP(=O)(O)OC[C@@H](O)COP(=O)(O)OC[C@@H](COC(=O)CCCCCCCCCC)OC(=O)CCCCCCCCC(C)CC. The molecule has 0 saturated heterocycles. The molecule has 6 atom stereocenters. The van der Waals surface area contributed by atoms with Crippen molar-refractivity contribution >= 4 is 39.5 Å². The van der Waals surface area contributed by atoms with Crippen LogP contribution < -0.4 is 0 Å². The van der Waals surface area contributed by atoms with E-state index in [0.717, 1.165) is 102 Å². The Labute approximate surface area is 530 Å². The number of aliphatic hydroxyl groups excluding tert-OH is 1. The molecular weight excluding hydrogens is 1150 g/mol. The maximum Gasteiger partial charge on any atom is 0.472 e. The maximum absolute atomic E-state index is 13.0. The standard InChI is InChI=1S/C68H132O17P2/c1-6-10-13-16-19-22-24-25-26-27-28-29-30-32-34-37-43-48-53-67(72)84-63(57-79-66(71)52-47-42-36-33-31-23-20-17-14-11-7-2)59-82-86(74,75)80-55-62(69)56-81-87(76,77)83-60-64(58-78-65(70)51-46-41-35-21-18-15-12-8-3)85-68(73)54-49-44-39-38-40-45-50-61(5)9-4/h61-64,69H,6-60H2,1-5H3,(H,74,75)(H,76,77)/t61?,62-,63-,64-/m1/s1. The lowest BCUT2D eigenvalue weighted by molar-refractivity contribution is -0.161. The van der Waals surface area contributed by atoms with Gasteiger partial charge in [-0.3, -0.25) is 37.3 Å². The Morgan fingerprint density at radius 1 is 0.322 bits per heavy atom. The molecule has 0 spiro atoms. The second-order valence-corrected chi connectivity index (χ2v) is 27.7. The van der Waals surface area contributed by atoms with Crippen molar-refractivity contribution in [1.29, 1.82) is 0 Å². The van der Waals surface area contributed by atoms with Gasteiger partial charge in [0, 0.05) is 25.7 Å². The van der Waals surface area contributed by atoms with Gasteiger partial charge in [-0.25, -0.2) is 9.13 Å². The van der Waals surface area contributed by atoms with Crippen molar-refractivity contribution in [2.24, 2.45) is 5.92 Å². The second kappa shape index (κ2) is 61.6. The number of carbonyl (C=O) groups is 4. The Kier molecular flexibility index (Phi) is 60.2. The Morgan fingerprint density at radius 3 is 0.816 bits per heavy atom. The molecular formula is C68H132O17P2. The highest BCUT2D eigenvalue weighted by Crippen LogP contribution is 2.45. The summed E-state index contributed by atoms with van der Waals surface area (Å²) in [4.78, 5) is 72.3. The van der Waals surface area contributed by atoms with Gasteiger partial charge in [-0.1, -0.05) is 298 Å². The lowest BCUT2D eigenvalue weighted by Gasteiger charge is -2.21. The minimum absolute atomic E-state index is 0.103. The van der Waals surface area contributed by atoms with E-state index in [4.69, 9.17) is 37.0 Å². The smallest absolute Gasteiger partial charge is 0.462 e. The van der Waals surface area contributed by atoms with Gasteiger partial charge in [0.15, 0.2) is 12.2 Å². The topological polar surface area (TPSA) is 237 Å². The molecule has 516 valence electrons. The molecule has 3 N–H and O–H groups in total. The second-order valence-electron chi connectivity index (χ2n) is 24.8. The Hall–Kier alpha value is -1.94. The van der Waals surface area contributed by atoms with Crippen molar-refractivity contribution in [3.8, 4) is 0 Å². The zero-order chi connectivity index (χ0) is 64.2. The average molecular weight is 1280 g/mol. The summed E-state index contributed by atoms with van der Waals surface area (Å²) in [6, 6.07) is 0. The molecule has 3 unspecified atom stereocenters. The summed E-state index contributed by atoms with van der Waals surface area (Å²) >= 11 is 0. The highest BCUT2D eigenvalue weighted by atomic mass is 31.2. The van der Waals surface area contributed by atoms with Gasteiger partial charge in [-0.2, -0.15) is 0 Å². The van der Waals surface area contributed by atoms with Crippen LogP contribution in [0.5, 0.6) is 0 Å². The molecule has 0 fully saturated rings. The molecule has 87 heavy (non-hydrogen) atoms. The predicted octanol–water partition coefficient (Wildman–Crippen LogP) is 19.4. The Balaban J connectivity index is 5.19. The first-order valence-corrected chi connectivity index (χ1v) is 38.7. The first kappa shape index (κ1) is 85.1. The van der Waals surface area contributed by atoms with Crippen LogP contribution in [0.2, 0.25) is 0 Å². The normalized spacial score (nSPS) is 14.4. The van der Waals surface area contributed by atoms with Gasteiger partial charge >= 0.3 is 39.5 Å². The molecule has 0 aliphatic carbocycles. The molecule has 0 aromatic rings. The van der Waals surface area contributed by atoms with Crippen LogP contribution in [0.25, 0.3) is 0 Å². The number of phosphoric ester groups is 2. The third-order valence-electron chi connectivity index (χ3n) is 16.1. The summed E-state index contributed by atoms with van der Waals surface area (Å²) < 4.78 is 68.1. The largest absolute Gasteiger partial charge is 0.472 e. The van der Waals surface area contributed by atoms with E-state index < -0.39 is 97.5 Å². The molecule has 0 aliphatic rings. The quantitative estimate of drug-likeness (QED) is 0.0222. The molecule has 0 aromatic carbocycles. The highest BCUT2D eigenvalue weighted by Gasteiger charge is 2.30. The lowest BCUT2D eigenvalue weighted by atomic mass is 10.00. The monoisotopic (exact) mass is 1280 g/mol. The summed E-state index contributed by atoms with van der Waals surface area (Å²) in [5.74, 6) is -1.41. The van der Waals surface area contributed by atoms with Crippen molar-refractivity contribution in [2.45, 2.75) is 368 Å². The molecule has 0 amide bonds. The number of unbranched alkanes of at least 4 members (excludes halogenated alkanes) is 39. The number of hydrogen-bond acceptors (Lipinski definition) is 15. The lowest BCUT2D eigenvalue weighted by Crippen LogP contribution is -2.30. The summed E-state index contributed by atoms with van der Waals surface area (Å²) in [6.07, 6.45) is 47.3. The van der Waals surface area contributed by atoms with E-state index in [1.165, 1.54) is 167 Å². The molecule has 0 bridgehead atoms. The molecule has 0 aromatic heterocycles. The Bertz CT molecular complexity index is 1690. The summed E-state index contributed by atoms with van der Waals surface area (Å²) in [5, 5.41) is 10.6. The van der Waals surface area contributed by atoms with E-state index in [1.54, 1.807) is 0 Å². The summed E-state index contributed by atoms with van der Waals surface area (Å²) in [5.41, 5.74) is 0. The van der Waals surface area contributed by atoms with Crippen molar-refractivity contribution < 1.29 is 80.2 Å². The number of ether oxygens (including phenoxy) is 4. The van der Waals surface area contributed by atoms with E-state index >= 15 is 0 Å². The van der Waals surface area contributed by atoms with Crippen molar-refractivity contribution in [2.75, 3.05) is 39.6 Å². The number of hydrogen-bond donors (Lipinski definition) is 3. The van der Waals surface area contributed by atoms with Gasteiger partial charge in [0.2, 0.25) is 0 Å². The first-order valence-electron chi connectivity index (χ1n) is 35.7. The zero-order valence-corrected chi connectivity index (χ0v) is 57.9. The number of phosphoric acid groups is 2. The highest BCUT2D eigenvalue weighted by molar-refractivity contribution is 7.47. The molecule has 0 heterocycles. The van der Waals surface area contributed by atoms with Crippen molar-refractivity contribution in [3.63, 3.8) is 0 Å². The fourth-order valence-corrected chi connectivity index (χ4v) is 11.8. The molecule has 0 saturated carbocycles. The number of esters is 4. The van der Waals surface area contributed by atoms with Gasteiger partial charge in [-0.05, 0) is 31.6 Å². The van der Waals surface area contributed by atoms with Crippen LogP contribution in [-0.2, 0) is 65.4 Å². The molecule has 0 rings (SSSR count). The molecule has 17 nitrogen and oxygen atoms in total. The van der Waals surface area contributed by atoms with Gasteiger partial charge in [0.25, 0.3) is 0 Å². The maximum atomic E-state index is 13.0. The van der Waals surface area contributed by atoms with Gasteiger partial charge in [-0.15, -0.1) is 0 Å². The number of rotatable bonds is 68. The van der Waals surface area contributed by atoms with Crippen LogP contribution in [0.3, 0.4) is 0 Å². The van der Waals surface area contributed by atoms with E-state index in [-0.39, 0.29) is 25.7 Å². The zero-order valence-electron chi connectivity index (χ0n) is 56.2. The van der Waals surface area contributed by atoms with Crippen LogP contribution in [0.1, 0.15) is 349 Å². The molecule has 0 aliphatic heterocycles. The van der Waals surface area contributed by atoms with Crippen molar-refractivity contribution in [1.82, 2.24) is 0 Å². The fourth-order valence-electron chi connectivity index (χ4n) is 10.3. The first-order chi connectivity index (χ1) is 42.1. The van der Waals surface area contributed by atoms with Crippen LogP contribution >= 0.6 is 15.6 Å². The molecule has 0 radical (unpaired) electrons. The molecule has 19 heteroatoms. The van der Waals surface area contributed by atoms with Gasteiger partial charge in [0.1, 0.15) is 19.3 Å². The fraction of sp³-hybridized carbons (Fsp3) is 0.941. The third-order valence-corrected chi connectivity index (χ3v) is 18.0. The van der Waals surface area contributed by atoms with E-state index in [0.29, 0.717) is 25.7 Å². The van der Waals surface area contributed by atoms with Gasteiger partial charge in [0.05, 0.1) is 26.4 Å². The van der Waals surface area contributed by atoms with Crippen LogP contribution in [0.15, 0.2) is 0 Å². The number of carbonyl (C=O) groups excluding carboxylic acids is 4. The van der Waals surface area contributed by atoms with Crippen LogP contribution in [0, 0.1) is 5.92 Å². The van der Waals surface area contributed by atoms with Crippen molar-refractivity contribution in [3.05, 3.63) is 0 Å². The number of aliphatic hydroxyl groups is 1. The Morgan fingerprint density at radius 2 is 0.552 bits per heavy atom. The van der Waals surface area contributed by atoms with Crippen LogP contribution in [-0.4, -0.2) is 96.7 Å². The average Bonchev–Trinajstić information content (AvgIpc) is 3.71. The predicted molar refractivity (Wildman–Crippen MR) is 349 cm³/mol. The van der Waals surface area contributed by atoms with Gasteiger partial charge < -0.3 is 33.8 Å². The van der Waals surface area contributed by atoms with E-state index in [9.17, 15) is 43.2 Å².